The van der Waals surface area contributed by atoms with Crippen molar-refractivity contribution in [2.75, 3.05) is 45.1 Å². The summed E-state index contributed by atoms with van der Waals surface area (Å²) in [5.41, 5.74) is 7.62. The summed E-state index contributed by atoms with van der Waals surface area (Å²) < 4.78 is 28.8. The van der Waals surface area contributed by atoms with E-state index in [1.165, 1.54) is 6.07 Å². The zero-order valence-corrected chi connectivity index (χ0v) is 28.0. The van der Waals surface area contributed by atoms with Crippen LogP contribution in [0, 0.1) is 28.5 Å². The number of piperidine rings is 2. The van der Waals surface area contributed by atoms with Crippen molar-refractivity contribution < 1.29 is 18.7 Å². The Balaban J connectivity index is 1.11. The number of para-hydroxylation sites is 1. The third-order valence-corrected chi connectivity index (χ3v) is 10.4. The van der Waals surface area contributed by atoms with Crippen molar-refractivity contribution in [1.29, 1.82) is 5.26 Å². The van der Waals surface area contributed by atoms with Gasteiger partial charge in [-0.05, 0) is 80.4 Å². The van der Waals surface area contributed by atoms with E-state index in [2.05, 4.69) is 29.8 Å². The number of rotatable bonds is 8. The minimum absolute atomic E-state index is 0.180. The Bertz CT molecular complexity index is 1910. The average molecular weight is 664 g/mol. The molecule has 2 N–H and O–H groups in total. The zero-order chi connectivity index (χ0) is 34.1. The zero-order valence-electron chi connectivity index (χ0n) is 28.0. The molecule has 0 spiro atoms. The maximum atomic E-state index is 15.7. The first-order valence-corrected chi connectivity index (χ1v) is 17.1. The Hall–Kier alpha value is -4.79. The molecule has 3 fully saturated rings. The summed E-state index contributed by atoms with van der Waals surface area (Å²) >= 11 is 0. The number of fused-ring (bicyclic) bond motifs is 1. The van der Waals surface area contributed by atoms with Crippen LogP contribution in [0.2, 0.25) is 0 Å². The van der Waals surface area contributed by atoms with E-state index in [1.807, 2.05) is 35.0 Å². The molecule has 0 saturated carbocycles. The molecule has 2 aromatic carbocycles. The first-order valence-electron chi connectivity index (χ1n) is 17.1. The molecule has 1 atom stereocenters. The number of benzene rings is 2. The molecular formula is C38H42FN7O3. The van der Waals surface area contributed by atoms with Gasteiger partial charge in [0.15, 0.2) is 0 Å². The Kier molecular flexibility index (Phi) is 9.09. The van der Waals surface area contributed by atoms with Crippen LogP contribution in [-0.2, 0) is 9.53 Å². The predicted octanol–water partition coefficient (Wildman–Crippen LogP) is 6.36. The maximum Gasteiger partial charge on any atom is 0.264 e. The molecule has 2 aromatic heterocycles. The highest BCUT2D eigenvalue weighted by Gasteiger charge is 2.37. The number of aromatic nitrogens is 3. The van der Waals surface area contributed by atoms with Gasteiger partial charge >= 0.3 is 0 Å². The maximum absolute atomic E-state index is 15.7. The second-order valence-electron chi connectivity index (χ2n) is 14.0. The Morgan fingerprint density at radius 1 is 1.06 bits per heavy atom. The van der Waals surface area contributed by atoms with Gasteiger partial charge in [0.05, 0.1) is 36.2 Å². The van der Waals surface area contributed by atoms with E-state index in [0.717, 1.165) is 52.0 Å². The first kappa shape index (κ1) is 32.7. The molecule has 0 unspecified atom stereocenters. The molecule has 0 radical (unpaired) electrons. The molecule has 5 heterocycles. The van der Waals surface area contributed by atoms with Crippen LogP contribution < -0.4 is 10.5 Å². The van der Waals surface area contributed by atoms with Crippen LogP contribution >= 0.6 is 0 Å². The highest BCUT2D eigenvalue weighted by Crippen LogP contribution is 2.40. The number of allylic oxidation sites excluding steroid dienone is 1. The number of likely N-dealkylation sites (tertiary alicyclic amines) is 2. The Morgan fingerprint density at radius 3 is 2.53 bits per heavy atom. The number of amides is 1. The van der Waals surface area contributed by atoms with Crippen LogP contribution in [0.25, 0.3) is 22.2 Å². The van der Waals surface area contributed by atoms with Crippen molar-refractivity contribution in [3.8, 4) is 28.8 Å². The molecule has 1 amide bonds. The van der Waals surface area contributed by atoms with Crippen LogP contribution in [0.1, 0.15) is 45.6 Å². The van der Waals surface area contributed by atoms with Crippen molar-refractivity contribution >= 4 is 22.6 Å². The number of carbonyl (C=O) groups excluding carboxylic acids is 1. The lowest BCUT2D eigenvalue weighted by molar-refractivity contribution is -0.128. The Morgan fingerprint density at radius 2 is 1.84 bits per heavy atom. The lowest BCUT2D eigenvalue weighted by Crippen LogP contribution is -2.52. The molecule has 3 aliphatic heterocycles. The quantitative estimate of drug-likeness (QED) is 0.171. The van der Waals surface area contributed by atoms with E-state index >= 15 is 4.39 Å². The summed E-state index contributed by atoms with van der Waals surface area (Å²) in [4.78, 5) is 22.4. The molecule has 3 aliphatic rings. The standard InChI is InChI=1S/C38H42FN7O3/c1-38(2,26-13-17-44(18-14-26)28-23-48-24-28)20-25(21-40)37(47)45-16-6-7-27(22-45)46-33-12-15-42-36(41)34(33)35(43-46)31-11-10-30(19-32(31)39)49-29-8-4-3-5-9-29/h3-5,8-12,15,19-20,26-28H,6-7,13-14,16-18,22-24H2,1-2H3,(H2,41,42)/b25-20+/t27-/m1/s1. The summed E-state index contributed by atoms with van der Waals surface area (Å²) in [5.74, 6) is 0.827. The van der Waals surface area contributed by atoms with Gasteiger partial charge in [-0.15, -0.1) is 0 Å². The number of nitrogens with zero attached hydrogens (tertiary/aromatic N) is 6. The molecule has 11 heteroatoms. The average Bonchev–Trinajstić information content (AvgIpc) is 3.48. The van der Waals surface area contributed by atoms with Gasteiger partial charge in [0, 0.05) is 30.9 Å². The van der Waals surface area contributed by atoms with Crippen LogP contribution in [-0.4, -0.2) is 75.9 Å². The van der Waals surface area contributed by atoms with Crippen molar-refractivity contribution in [2.45, 2.75) is 51.6 Å². The molecule has 0 bridgehead atoms. The van der Waals surface area contributed by atoms with Crippen LogP contribution in [0.15, 0.2) is 72.4 Å². The fourth-order valence-corrected chi connectivity index (χ4v) is 7.54. The minimum Gasteiger partial charge on any atom is -0.457 e. The number of anilines is 1. The van der Waals surface area contributed by atoms with Crippen LogP contribution in [0.3, 0.4) is 0 Å². The fourth-order valence-electron chi connectivity index (χ4n) is 7.54. The highest BCUT2D eigenvalue weighted by molar-refractivity contribution is 6.00. The second-order valence-corrected chi connectivity index (χ2v) is 14.0. The number of carbonyl (C=O) groups is 1. The molecular weight excluding hydrogens is 621 g/mol. The number of hydrogen-bond acceptors (Lipinski definition) is 8. The second kappa shape index (κ2) is 13.6. The van der Waals surface area contributed by atoms with E-state index in [9.17, 15) is 10.1 Å². The van der Waals surface area contributed by atoms with Crippen molar-refractivity contribution in [2.24, 2.45) is 11.3 Å². The van der Waals surface area contributed by atoms with E-state index in [0.29, 0.717) is 53.1 Å². The van der Waals surface area contributed by atoms with Crippen molar-refractivity contribution in [3.63, 3.8) is 0 Å². The number of pyridine rings is 1. The van der Waals surface area contributed by atoms with Gasteiger partial charge in [-0.1, -0.05) is 38.1 Å². The third kappa shape index (κ3) is 6.63. The van der Waals surface area contributed by atoms with E-state index < -0.39 is 5.82 Å². The van der Waals surface area contributed by atoms with Gasteiger partial charge in [0.1, 0.15) is 40.5 Å². The number of nitrogens with two attached hydrogens (primary N) is 1. The fraction of sp³-hybridized carbons (Fsp3) is 0.421. The summed E-state index contributed by atoms with van der Waals surface area (Å²) in [6, 6.07) is 18.2. The SMILES string of the molecule is CC(C)(/C=C(\C#N)C(=O)N1CCC[C@@H](n2nc(-c3ccc(Oc4ccccc4)cc3F)c3c(N)nccc32)C1)C1CCN(C2COC2)CC1. The van der Waals surface area contributed by atoms with Gasteiger partial charge in [0.2, 0.25) is 0 Å². The molecule has 4 aromatic rings. The van der Waals surface area contributed by atoms with E-state index in [-0.39, 0.29) is 34.3 Å². The number of ether oxygens (including phenoxy) is 2. The van der Waals surface area contributed by atoms with Gasteiger partial charge in [-0.2, -0.15) is 10.4 Å². The van der Waals surface area contributed by atoms with Crippen LogP contribution in [0.5, 0.6) is 11.5 Å². The van der Waals surface area contributed by atoms with Gasteiger partial charge in [-0.3, -0.25) is 14.4 Å². The summed E-state index contributed by atoms with van der Waals surface area (Å²) in [7, 11) is 0. The lowest BCUT2D eigenvalue weighted by Gasteiger charge is -2.44. The highest BCUT2D eigenvalue weighted by atomic mass is 19.1. The van der Waals surface area contributed by atoms with Gasteiger partial charge in [-0.25, -0.2) is 9.37 Å². The minimum atomic E-state index is -0.502. The largest absolute Gasteiger partial charge is 0.457 e. The first-order chi connectivity index (χ1) is 23.7. The molecule has 254 valence electrons. The summed E-state index contributed by atoms with van der Waals surface area (Å²) in [5, 5.41) is 15.7. The number of halogens is 1. The summed E-state index contributed by atoms with van der Waals surface area (Å²) in [6.45, 7) is 8.83. The number of nitriles is 1. The Labute approximate surface area is 285 Å². The molecule has 49 heavy (non-hydrogen) atoms. The third-order valence-electron chi connectivity index (χ3n) is 10.4. The van der Waals surface area contributed by atoms with Gasteiger partial charge in [0.25, 0.3) is 5.91 Å². The van der Waals surface area contributed by atoms with Crippen LogP contribution in [0.4, 0.5) is 10.2 Å². The summed E-state index contributed by atoms with van der Waals surface area (Å²) in [6.07, 6.45) is 7.05. The van der Waals surface area contributed by atoms with E-state index in [1.54, 1.807) is 35.4 Å². The number of nitrogen functional groups attached to an aromatic ring is 1. The van der Waals surface area contributed by atoms with E-state index in [4.69, 9.17) is 20.3 Å². The van der Waals surface area contributed by atoms with Gasteiger partial charge < -0.3 is 20.1 Å². The smallest absolute Gasteiger partial charge is 0.264 e. The molecule has 0 aliphatic carbocycles. The molecule has 7 rings (SSSR count). The molecule has 3 saturated heterocycles. The number of hydrogen-bond donors (Lipinski definition) is 1. The predicted molar refractivity (Wildman–Crippen MR) is 185 cm³/mol. The monoisotopic (exact) mass is 663 g/mol. The normalized spacial score (nSPS) is 19.8. The lowest BCUT2D eigenvalue weighted by atomic mass is 9.72. The van der Waals surface area contributed by atoms with Crippen molar-refractivity contribution in [3.05, 3.63) is 78.3 Å². The topological polar surface area (TPSA) is 123 Å². The molecule has 10 nitrogen and oxygen atoms in total. The van der Waals surface area contributed by atoms with Crippen molar-refractivity contribution in [1.82, 2.24) is 24.6 Å².